The van der Waals surface area contributed by atoms with Crippen LogP contribution in [0.3, 0.4) is 0 Å². The van der Waals surface area contributed by atoms with E-state index in [4.69, 9.17) is 0 Å². The zero-order chi connectivity index (χ0) is 7.14. The van der Waals surface area contributed by atoms with Gasteiger partial charge in [0.15, 0.2) is 0 Å². The highest BCUT2D eigenvalue weighted by Crippen LogP contribution is 2.14. The van der Waals surface area contributed by atoms with Crippen molar-refractivity contribution in [1.82, 2.24) is 9.00 Å². The summed E-state index contributed by atoms with van der Waals surface area (Å²) in [6, 6.07) is 4.23. The molecule has 0 saturated carbocycles. The number of nitrogens with zero attached hydrogens (tertiary/aromatic N) is 2. The first-order valence-electron chi connectivity index (χ1n) is 3.19. The van der Waals surface area contributed by atoms with Crippen LogP contribution in [-0.4, -0.2) is 9.00 Å². The van der Waals surface area contributed by atoms with Gasteiger partial charge in [-0.15, -0.1) is 0 Å². The summed E-state index contributed by atoms with van der Waals surface area (Å²) >= 11 is 1.68. The van der Waals surface area contributed by atoms with E-state index in [0.29, 0.717) is 0 Å². The first-order chi connectivity index (χ1) is 4.75. The molecular formula is C7H8N2S. The van der Waals surface area contributed by atoms with Gasteiger partial charge in [-0.05, 0) is 37.5 Å². The second-order valence-electron chi connectivity index (χ2n) is 2.43. The van der Waals surface area contributed by atoms with Crippen molar-refractivity contribution in [3.05, 3.63) is 22.7 Å². The number of rotatable bonds is 0. The van der Waals surface area contributed by atoms with Gasteiger partial charge in [-0.25, -0.2) is 0 Å². The van der Waals surface area contributed by atoms with Crippen molar-refractivity contribution in [2.45, 2.75) is 13.8 Å². The van der Waals surface area contributed by atoms with Gasteiger partial charge in [-0.2, -0.15) is 9.00 Å². The highest BCUT2D eigenvalue weighted by atomic mass is 32.1. The SMILES string of the molecule is Cc1cc2cc(C)sn2n1. The van der Waals surface area contributed by atoms with Crippen LogP contribution in [0.15, 0.2) is 12.1 Å². The van der Waals surface area contributed by atoms with Crippen molar-refractivity contribution in [2.24, 2.45) is 0 Å². The van der Waals surface area contributed by atoms with E-state index >= 15 is 0 Å². The fourth-order valence-electron chi connectivity index (χ4n) is 1.04. The topological polar surface area (TPSA) is 17.3 Å². The van der Waals surface area contributed by atoms with Gasteiger partial charge in [0.05, 0.1) is 11.2 Å². The largest absolute Gasteiger partial charge is 0.186 e. The molecule has 0 aliphatic carbocycles. The lowest BCUT2D eigenvalue weighted by atomic mass is 10.4. The average Bonchev–Trinajstić information content (AvgIpc) is 2.21. The molecule has 0 radical (unpaired) electrons. The molecule has 2 rings (SSSR count). The third-order valence-corrected chi connectivity index (χ3v) is 2.28. The standard InChI is InChI=1S/C7H8N2S/c1-5-3-7-4-6(2)10-9(7)8-5/h3-4H,1-2H3. The summed E-state index contributed by atoms with van der Waals surface area (Å²) in [6.45, 7) is 4.10. The minimum Gasteiger partial charge on any atom is -0.186 e. The quantitative estimate of drug-likeness (QED) is 0.564. The molecule has 3 heteroatoms. The molecular weight excluding hydrogens is 144 g/mol. The average molecular weight is 152 g/mol. The molecule has 0 atom stereocenters. The molecule has 2 nitrogen and oxygen atoms in total. The summed E-state index contributed by atoms with van der Waals surface area (Å²) in [6.07, 6.45) is 0. The smallest absolute Gasteiger partial charge is 0.0796 e. The maximum atomic E-state index is 4.27. The van der Waals surface area contributed by atoms with Gasteiger partial charge >= 0.3 is 0 Å². The zero-order valence-electron chi connectivity index (χ0n) is 5.96. The Morgan fingerprint density at radius 3 is 2.90 bits per heavy atom. The summed E-state index contributed by atoms with van der Waals surface area (Å²) < 4.78 is 1.95. The number of aromatic nitrogens is 2. The van der Waals surface area contributed by atoms with E-state index in [0.717, 1.165) is 5.69 Å². The lowest BCUT2D eigenvalue weighted by Gasteiger charge is -1.76. The predicted octanol–water partition coefficient (Wildman–Crippen LogP) is 2.01. The minimum absolute atomic E-state index is 1.09. The van der Waals surface area contributed by atoms with E-state index in [-0.39, 0.29) is 0 Å². The minimum atomic E-state index is 1.09. The number of aryl methyl sites for hydroxylation is 2. The number of hydrogen-bond donors (Lipinski definition) is 0. The van der Waals surface area contributed by atoms with Crippen LogP contribution in [0.5, 0.6) is 0 Å². The summed E-state index contributed by atoms with van der Waals surface area (Å²) in [5.41, 5.74) is 2.30. The Labute approximate surface area is 63.2 Å². The molecule has 2 aromatic rings. The fourth-order valence-corrected chi connectivity index (χ4v) is 1.87. The van der Waals surface area contributed by atoms with Gasteiger partial charge in [-0.1, -0.05) is 0 Å². The van der Waals surface area contributed by atoms with Crippen LogP contribution >= 0.6 is 11.5 Å². The molecule has 0 amide bonds. The van der Waals surface area contributed by atoms with Crippen LogP contribution in [0.25, 0.3) is 5.52 Å². The highest BCUT2D eigenvalue weighted by Gasteiger charge is 1.98. The van der Waals surface area contributed by atoms with Crippen molar-refractivity contribution < 1.29 is 0 Å². The summed E-state index contributed by atoms with van der Waals surface area (Å²) in [4.78, 5) is 1.31. The van der Waals surface area contributed by atoms with Crippen molar-refractivity contribution in [2.75, 3.05) is 0 Å². The van der Waals surface area contributed by atoms with Crippen LogP contribution < -0.4 is 0 Å². The van der Waals surface area contributed by atoms with Gasteiger partial charge in [0.2, 0.25) is 0 Å². The first kappa shape index (κ1) is 5.92. The maximum Gasteiger partial charge on any atom is 0.0796 e. The Kier molecular flexibility index (Phi) is 1.08. The lowest BCUT2D eigenvalue weighted by molar-refractivity contribution is 1.02. The van der Waals surface area contributed by atoms with E-state index in [9.17, 15) is 0 Å². The second-order valence-corrected chi connectivity index (χ2v) is 3.60. The van der Waals surface area contributed by atoms with E-state index in [1.165, 1.54) is 10.4 Å². The molecule has 0 aliphatic heterocycles. The van der Waals surface area contributed by atoms with Gasteiger partial charge in [0.1, 0.15) is 0 Å². The molecule has 0 N–H and O–H groups in total. The van der Waals surface area contributed by atoms with Crippen LogP contribution in [0.2, 0.25) is 0 Å². The Bertz CT molecular complexity index is 295. The Balaban J connectivity index is 2.83. The van der Waals surface area contributed by atoms with Gasteiger partial charge in [0.25, 0.3) is 0 Å². The monoisotopic (exact) mass is 152 g/mol. The van der Waals surface area contributed by atoms with Crippen LogP contribution in [-0.2, 0) is 0 Å². The summed E-state index contributed by atoms with van der Waals surface area (Å²) in [7, 11) is 0. The number of hydrogen-bond acceptors (Lipinski definition) is 2. The molecule has 0 bridgehead atoms. The Hall–Kier alpha value is -0.830. The lowest BCUT2D eigenvalue weighted by Crippen LogP contribution is -1.75. The third kappa shape index (κ3) is 0.743. The molecule has 0 aliphatic rings. The van der Waals surface area contributed by atoms with Crippen molar-refractivity contribution in [1.29, 1.82) is 0 Å². The zero-order valence-corrected chi connectivity index (χ0v) is 6.77. The number of fused-ring (bicyclic) bond motifs is 1. The maximum absolute atomic E-state index is 4.27. The van der Waals surface area contributed by atoms with Gasteiger partial charge < -0.3 is 0 Å². The third-order valence-electron chi connectivity index (χ3n) is 1.41. The molecule has 0 spiro atoms. The van der Waals surface area contributed by atoms with Crippen molar-refractivity contribution in [3.63, 3.8) is 0 Å². The molecule has 0 fully saturated rings. The summed E-state index contributed by atoms with van der Waals surface area (Å²) in [5, 5.41) is 4.27. The molecule has 10 heavy (non-hydrogen) atoms. The van der Waals surface area contributed by atoms with Gasteiger partial charge in [0, 0.05) is 4.88 Å². The molecule has 52 valence electrons. The van der Waals surface area contributed by atoms with E-state index in [2.05, 4.69) is 24.2 Å². The molecule has 2 heterocycles. The molecule has 0 saturated heterocycles. The fraction of sp³-hybridized carbons (Fsp3) is 0.286. The van der Waals surface area contributed by atoms with E-state index in [1.807, 2.05) is 10.8 Å². The highest BCUT2D eigenvalue weighted by molar-refractivity contribution is 7.06. The first-order valence-corrected chi connectivity index (χ1v) is 3.96. The molecule has 2 aromatic heterocycles. The molecule has 0 aromatic carbocycles. The summed E-state index contributed by atoms with van der Waals surface area (Å²) in [5.74, 6) is 0. The van der Waals surface area contributed by atoms with E-state index in [1.54, 1.807) is 11.5 Å². The van der Waals surface area contributed by atoms with Crippen LogP contribution in [0.1, 0.15) is 10.6 Å². The Morgan fingerprint density at radius 2 is 2.20 bits per heavy atom. The molecule has 0 unspecified atom stereocenters. The van der Waals surface area contributed by atoms with Gasteiger partial charge in [-0.3, -0.25) is 0 Å². The van der Waals surface area contributed by atoms with Crippen molar-refractivity contribution in [3.8, 4) is 0 Å². The predicted molar refractivity (Wildman–Crippen MR) is 42.5 cm³/mol. The van der Waals surface area contributed by atoms with E-state index < -0.39 is 0 Å². The van der Waals surface area contributed by atoms with Crippen molar-refractivity contribution >= 4 is 17.0 Å². The normalized spacial score (nSPS) is 11.0. The van der Waals surface area contributed by atoms with Crippen LogP contribution in [0.4, 0.5) is 0 Å². The van der Waals surface area contributed by atoms with Crippen LogP contribution in [0, 0.1) is 13.8 Å². The Morgan fingerprint density at radius 1 is 1.40 bits per heavy atom. The second kappa shape index (κ2) is 1.83.